The number of methoxy groups -OCH3 is 1. The second-order valence-electron chi connectivity index (χ2n) is 8.37. The Hall–Kier alpha value is -3.21. The number of hydrogen-bond acceptors (Lipinski definition) is 5. The van der Waals surface area contributed by atoms with Crippen molar-refractivity contribution in [2.45, 2.75) is 39.2 Å². The molecule has 11 heteroatoms. The SMILES string of the molecule is COC(NC(C)C)/C(=C(/C)N(C=O)c1cccc(C(F)(F)F)c1)c1c(I)cnn1-c1ccc(C#N)cc1. The van der Waals surface area contributed by atoms with E-state index in [0.717, 1.165) is 20.6 Å². The number of rotatable bonds is 9. The number of amides is 1. The van der Waals surface area contributed by atoms with Gasteiger partial charge in [-0.25, -0.2) is 4.68 Å². The average molecular weight is 623 g/mol. The van der Waals surface area contributed by atoms with Gasteiger partial charge in [-0.2, -0.15) is 23.5 Å². The Morgan fingerprint density at radius 1 is 1.24 bits per heavy atom. The van der Waals surface area contributed by atoms with Crippen LogP contribution >= 0.6 is 22.6 Å². The zero-order valence-corrected chi connectivity index (χ0v) is 22.7. The molecule has 0 bridgehead atoms. The molecule has 0 aliphatic rings. The molecule has 7 nitrogen and oxygen atoms in total. The van der Waals surface area contributed by atoms with E-state index in [9.17, 15) is 18.0 Å². The first-order valence-corrected chi connectivity index (χ1v) is 12.3. The molecule has 3 aromatic rings. The number of carbonyl (C=O) groups excluding carboxylic acids is 1. The van der Waals surface area contributed by atoms with E-state index in [1.807, 2.05) is 13.8 Å². The second kappa shape index (κ2) is 11.9. The maximum absolute atomic E-state index is 13.4. The molecular weight excluding hydrogens is 598 g/mol. The van der Waals surface area contributed by atoms with Crippen molar-refractivity contribution in [3.8, 4) is 11.8 Å². The molecule has 0 saturated carbocycles. The van der Waals surface area contributed by atoms with E-state index in [0.29, 0.717) is 34.6 Å². The lowest BCUT2D eigenvalue weighted by Crippen LogP contribution is -2.39. The van der Waals surface area contributed by atoms with Crippen LogP contribution in [0, 0.1) is 14.9 Å². The minimum Gasteiger partial charge on any atom is -0.362 e. The first-order chi connectivity index (χ1) is 17.5. The summed E-state index contributed by atoms with van der Waals surface area (Å²) in [4.78, 5) is 13.5. The van der Waals surface area contributed by atoms with E-state index >= 15 is 0 Å². The number of ether oxygens (including phenoxy) is 1. The van der Waals surface area contributed by atoms with Crippen molar-refractivity contribution >= 4 is 40.3 Å². The van der Waals surface area contributed by atoms with Gasteiger partial charge in [-0.1, -0.05) is 6.07 Å². The number of anilines is 1. The van der Waals surface area contributed by atoms with Crippen LogP contribution in [0.3, 0.4) is 0 Å². The summed E-state index contributed by atoms with van der Waals surface area (Å²) in [5, 5.41) is 17.0. The minimum absolute atomic E-state index is 0.0325. The number of nitriles is 1. The third-order valence-corrected chi connectivity index (χ3v) is 6.30. The van der Waals surface area contributed by atoms with Crippen LogP contribution in [-0.4, -0.2) is 35.6 Å². The zero-order chi connectivity index (χ0) is 27.3. The monoisotopic (exact) mass is 623 g/mol. The molecule has 37 heavy (non-hydrogen) atoms. The van der Waals surface area contributed by atoms with Gasteiger partial charge >= 0.3 is 6.18 Å². The number of aromatic nitrogens is 2. The smallest absolute Gasteiger partial charge is 0.362 e. The van der Waals surface area contributed by atoms with Crippen LogP contribution in [0.2, 0.25) is 0 Å². The summed E-state index contributed by atoms with van der Waals surface area (Å²) >= 11 is 2.11. The molecule has 194 valence electrons. The second-order valence-corrected chi connectivity index (χ2v) is 9.53. The summed E-state index contributed by atoms with van der Waals surface area (Å²) in [7, 11) is 1.50. The average Bonchev–Trinajstić information content (AvgIpc) is 3.24. The molecule has 0 radical (unpaired) electrons. The Balaban J connectivity index is 2.29. The lowest BCUT2D eigenvalue weighted by molar-refractivity contribution is -0.137. The topological polar surface area (TPSA) is 83.2 Å². The van der Waals surface area contributed by atoms with E-state index in [2.05, 4.69) is 39.1 Å². The van der Waals surface area contributed by atoms with Crippen molar-refractivity contribution in [2.75, 3.05) is 12.0 Å². The first-order valence-electron chi connectivity index (χ1n) is 11.2. The van der Waals surface area contributed by atoms with Crippen molar-refractivity contribution in [3.05, 3.63) is 80.8 Å². The van der Waals surface area contributed by atoms with Gasteiger partial charge in [0, 0.05) is 30.1 Å². The van der Waals surface area contributed by atoms with Crippen molar-refractivity contribution < 1.29 is 22.7 Å². The number of halogens is 4. The Kier molecular flexibility index (Phi) is 9.12. The molecule has 1 atom stereocenters. The quantitative estimate of drug-likeness (QED) is 0.187. The van der Waals surface area contributed by atoms with E-state index in [1.165, 1.54) is 19.2 Å². The van der Waals surface area contributed by atoms with Crippen LogP contribution in [0.15, 0.2) is 60.4 Å². The number of allylic oxidation sites excluding steroid dienone is 1. The summed E-state index contributed by atoms with van der Waals surface area (Å²) < 4.78 is 48.4. The summed E-state index contributed by atoms with van der Waals surface area (Å²) in [5.74, 6) is 0. The predicted molar refractivity (Wildman–Crippen MR) is 143 cm³/mol. The van der Waals surface area contributed by atoms with Crippen molar-refractivity contribution in [3.63, 3.8) is 0 Å². The molecule has 0 spiro atoms. The van der Waals surface area contributed by atoms with Crippen molar-refractivity contribution in [1.29, 1.82) is 5.26 Å². The Morgan fingerprint density at radius 3 is 2.46 bits per heavy atom. The Labute approximate surface area is 226 Å². The molecular formula is C26H25F3IN5O2. The third-order valence-electron chi connectivity index (χ3n) is 5.51. The molecule has 0 fully saturated rings. The van der Waals surface area contributed by atoms with Gasteiger partial charge in [-0.3, -0.25) is 15.0 Å². The number of hydrogen-bond donors (Lipinski definition) is 1. The number of nitrogens with one attached hydrogen (secondary N) is 1. The highest BCUT2D eigenvalue weighted by Gasteiger charge is 2.32. The van der Waals surface area contributed by atoms with Gasteiger partial charge in [-0.05, 0) is 85.8 Å². The van der Waals surface area contributed by atoms with Crippen LogP contribution in [0.25, 0.3) is 11.3 Å². The predicted octanol–water partition coefficient (Wildman–Crippen LogP) is 5.73. The lowest BCUT2D eigenvalue weighted by Gasteiger charge is -2.29. The lowest BCUT2D eigenvalue weighted by atomic mass is 10.1. The standard InChI is InChI=1S/C26H25F3IN5O2/c1-16(2)33-25(37-4)23(17(3)34(15-36)21-7-5-6-19(12-21)26(27,28)29)24-22(30)14-32-35(24)20-10-8-18(13-31)9-11-20/h5-12,14-16,25,33H,1-4H3/b23-17-. The highest BCUT2D eigenvalue weighted by Crippen LogP contribution is 2.35. The molecule has 0 aliphatic carbocycles. The number of nitrogens with zero attached hydrogens (tertiary/aromatic N) is 4. The highest BCUT2D eigenvalue weighted by molar-refractivity contribution is 14.1. The van der Waals surface area contributed by atoms with Gasteiger partial charge in [-0.15, -0.1) is 0 Å². The van der Waals surface area contributed by atoms with Gasteiger partial charge in [0.05, 0.1) is 38.3 Å². The normalized spacial score (nSPS) is 13.2. The maximum atomic E-state index is 13.4. The van der Waals surface area contributed by atoms with Gasteiger partial charge in [0.15, 0.2) is 0 Å². The van der Waals surface area contributed by atoms with Crippen LogP contribution < -0.4 is 10.2 Å². The fourth-order valence-electron chi connectivity index (χ4n) is 3.80. The Bertz CT molecular complexity index is 1330. The number of alkyl halides is 3. The van der Waals surface area contributed by atoms with Crippen molar-refractivity contribution in [1.82, 2.24) is 15.1 Å². The number of carbonyl (C=O) groups is 1. The Morgan fingerprint density at radius 2 is 1.92 bits per heavy atom. The van der Waals surface area contributed by atoms with Gasteiger partial charge in [0.2, 0.25) is 6.41 Å². The summed E-state index contributed by atoms with van der Waals surface area (Å²) in [6.07, 6.45) is -3.19. The van der Waals surface area contributed by atoms with Gasteiger partial charge < -0.3 is 4.74 Å². The zero-order valence-electron chi connectivity index (χ0n) is 20.5. The molecule has 0 saturated heterocycles. The summed E-state index contributed by atoms with van der Waals surface area (Å²) in [6.45, 7) is 5.49. The fraction of sp³-hybridized carbons (Fsp3) is 0.269. The van der Waals surface area contributed by atoms with E-state index < -0.39 is 18.0 Å². The summed E-state index contributed by atoms with van der Waals surface area (Å²) in [5.41, 5.74) is 1.76. The largest absolute Gasteiger partial charge is 0.416 e. The van der Waals surface area contributed by atoms with E-state index in [4.69, 9.17) is 10.00 Å². The van der Waals surface area contributed by atoms with E-state index in [1.54, 1.807) is 42.1 Å². The first kappa shape index (κ1) is 28.4. The molecule has 0 aliphatic heterocycles. The molecule has 2 aromatic carbocycles. The molecule has 3 rings (SSSR count). The number of benzene rings is 2. The van der Waals surface area contributed by atoms with E-state index in [-0.39, 0.29) is 11.7 Å². The van der Waals surface area contributed by atoms with Crippen LogP contribution in [-0.2, 0) is 15.7 Å². The third kappa shape index (κ3) is 6.38. The van der Waals surface area contributed by atoms with Gasteiger partial charge in [0.1, 0.15) is 6.23 Å². The highest BCUT2D eigenvalue weighted by atomic mass is 127. The maximum Gasteiger partial charge on any atom is 0.416 e. The van der Waals surface area contributed by atoms with Crippen LogP contribution in [0.5, 0.6) is 0 Å². The molecule has 1 amide bonds. The van der Waals surface area contributed by atoms with Crippen LogP contribution in [0.1, 0.15) is 37.6 Å². The molecule has 1 aromatic heterocycles. The van der Waals surface area contributed by atoms with Crippen LogP contribution in [0.4, 0.5) is 18.9 Å². The molecule has 1 unspecified atom stereocenters. The molecule has 1 N–H and O–H groups in total. The summed E-state index contributed by atoms with van der Waals surface area (Å²) in [6, 6.07) is 13.4. The molecule has 1 heterocycles. The van der Waals surface area contributed by atoms with Crippen molar-refractivity contribution in [2.24, 2.45) is 0 Å². The van der Waals surface area contributed by atoms with Gasteiger partial charge in [0.25, 0.3) is 0 Å². The fourth-order valence-corrected chi connectivity index (χ4v) is 4.44. The minimum atomic E-state index is -4.57.